The highest BCUT2D eigenvalue weighted by atomic mass is 16.6. The van der Waals surface area contributed by atoms with Gasteiger partial charge in [-0.25, -0.2) is 9.97 Å². The van der Waals surface area contributed by atoms with Crippen LogP contribution in [-0.4, -0.2) is 33.0 Å². The van der Waals surface area contributed by atoms with Gasteiger partial charge in [-0.05, 0) is 31.4 Å². The molecule has 0 spiro atoms. The van der Waals surface area contributed by atoms with E-state index in [9.17, 15) is 10.1 Å². The van der Waals surface area contributed by atoms with Crippen molar-refractivity contribution in [3.63, 3.8) is 0 Å². The fraction of sp³-hybridized carbons (Fsp3) is 0.278. The Balaban J connectivity index is 1.77. The molecule has 0 saturated carbocycles. The van der Waals surface area contributed by atoms with Crippen molar-refractivity contribution in [3.8, 4) is 0 Å². The van der Waals surface area contributed by atoms with Crippen LogP contribution in [0.5, 0.6) is 0 Å². The van der Waals surface area contributed by atoms with Gasteiger partial charge < -0.3 is 10.2 Å². The molecule has 1 aliphatic rings. The maximum Gasteiger partial charge on any atom is 0.353 e. The third-order valence-electron chi connectivity index (χ3n) is 4.53. The summed E-state index contributed by atoms with van der Waals surface area (Å²) >= 11 is 0. The molecule has 3 heterocycles. The first-order valence-corrected chi connectivity index (χ1v) is 8.59. The number of benzene rings is 1. The molecule has 1 N–H and O–H groups in total. The number of anilines is 3. The Morgan fingerprint density at radius 1 is 1.04 bits per heavy atom. The van der Waals surface area contributed by atoms with E-state index in [1.165, 1.54) is 6.33 Å². The number of hydrogen-bond donors (Lipinski definition) is 1. The van der Waals surface area contributed by atoms with E-state index in [4.69, 9.17) is 0 Å². The Morgan fingerprint density at radius 3 is 2.65 bits per heavy atom. The van der Waals surface area contributed by atoms with E-state index < -0.39 is 4.92 Å². The van der Waals surface area contributed by atoms with E-state index in [-0.39, 0.29) is 11.5 Å². The minimum absolute atomic E-state index is 0.0951. The number of hydrogen-bond acceptors (Lipinski definition) is 7. The van der Waals surface area contributed by atoms with Crippen LogP contribution in [0, 0.1) is 10.1 Å². The lowest BCUT2D eigenvalue weighted by molar-refractivity contribution is -0.383. The number of piperidine rings is 1. The number of nitro groups is 1. The molecule has 3 aromatic rings. The van der Waals surface area contributed by atoms with Crippen LogP contribution in [0.1, 0.15) is 19.3 Å². The fourth-order valence-electron chi connectivity index (χ4n) is 3.30. The number of fused-ring (bicyclic) bond motifs is 1. The van der Waals surface area contributed by atoms with Crippen LogP contribution in [-0.2, 0) is 0 Å². The predicted molar refractivity (Wildman–Crippen MR) is 99.8 cm³/mol. The Bertz CT molecular complexity index is 950. The van der Waals surface area contributed by atoms with Crippen molar-refractivity contribution in [3.05, 3.63) is 53.0 Å². The molecule has 1 aliphatic heterocycles. The molecule has 0 aliphatic carbocycles. The highest BCUT2D eigenvalue weighted by Gasteiger charge is 2.28. The van der Waals surface area contributed by atoms with Crippen molar-refractivity contribution in [2.24, 2.45) is 0 Å². The molecular formula is C18H18N6O2. The first kappa shape index (κ1) is 16.2. The van der Waals surface area contributed by atoms with Crippen molar-refractivity contribution in [1.29, 1.82) is 0 Å². The Labute approximate surface area is 150 Å². The summed E-state index contributed by atoms with van der Waals surface area (Å²) in [5, 5.41) is 15.8. The number of nitrogens with zero attached hydrogens (tertiary/aromatic N) is 5. The van der Waals surface area contributed by atoms with Gasteiger partial charge >= 0.3 is 5.69 Å². The largest absolute Gasteiger partial charge is 0.353 e. The van der Waals surface area contributed by atoms with Crippen molar-refractivity contribution in [2.75, 3.05) is 23.3 Å². The smallest absolute Gasteiger partial charge is 0.351 e. The first-order valence-electron chi connectivity index (χ1n) is 8.59. The van der Waals surface area contributed by atoms with Gasteiger partial charge in [0.25, 0.3) is 0 Å². The third-order valence-corrected chi connectivity index (χ3v) is 4.53. The predicted octanol–water partition coefficient (Wildman–Crippen LogP) is 3.67. The molecule has 132 valence electrons. The van der Waals surface area contributed by atoms with E-state index in [1.54, 1.807) is 6.20 Å². The number of rotatable bonds is 4. The zero-order valence-electron chi connectivity index (χ0n) is 14.1. The second-order valence-electron chi connectivity index (χ2n) is 6.21. The zero-order chi connectivity index (χ0) is 17.9. The number of aromatic nitrogens is 3. The molecule has 4 rings (SSSR count). The van der Waals surface area contributed by atoms with E-state index in [2.05, 4.69) is 20.3 Å². The Hall–Kier alpha value is -3.29. The number of nitrogens with one attached hydrogen (secondary N) is 1. The molecule has 0 amide bonds. The second-order valence-corrected chi connectivity index (χ2v) is 6.21. The van der Waals surface area contributed by atoms with Crippen LogP contribution in [0.4, 0.5) is 23.0 Å². The van der Waals surface area contributed by atoms with Crippen LogP contribution < -0.4 is 10.2 Å². The third kappa shape index (κ3) is 3.01. The normalized spacial score (nSPS) is 14.4. The van der Waals surface area contributed by atoms with Crippen molar-refractivity contribution in [1.82, 2.24) is 15.0 Å². The van der Waals surface area contributed by atoms with Crippen molar-refractivity contribution < 1.29 is 4.92 Å². The van der Waals surface area contributed by atoms with Gasteiger partial charge in [0.15, 0.2) is 0 Å². The van der Waals surface area contributed by atoms with Gasteiger partial charge in [0.1, 0.15) is 6.33 Å². The van der Waals surface area contributed by atoms with Gasteiger partial charge in [-0.1, -0.05) is 18.2 Å². The summed E-state index contributed by atoms with van der Waals surface area (Å²) in [6.45, 7) is 1.54. The summed E-state index contributed by atoms with van der Waals surface area (Å²) in [6, 6.07) is 9.46. The van der Waals surface area contributed by atoms with Gasteiger partial charge in [0.05, 0.1) is 16.1 Å². The summed E-state index contributed by atoms with van der Waals surface area (Å²) in [5.74, 6) is 0.559. The lowest BCUT2D eigenvalue weighted by Crippen LogP contribution is -2.31. The van der Waals surface area contributed by atoms with Crippen LogP contribution in [0.3, 0.4) is 0 Å². The average Bonchev–Trinajstić information content (AvgIpc) is 2.68. The molecule has 8 heteroatoms. The summed E-state index contributed by atoms with van der Waals surface area (Å²) in [5.41, 5.74) is 1.32. The van der Waals surface area contributed by atoms with E-state index >= 15 is 0 Å². The second kappa shape index (κ2) is 6.91. The highest BCUT2D eigenvalue weighted by Crippen LogP contribution is 2.35. The quantitative estimate of drug-likeness (QED) is 0.566. The minimum atomic E-state index is -0.412. The van der Waals surface area contributed by atoms with Gasteiger partial charge in [0.2, 0.25) is 11.6 Å². The Morgan fingerprint density at radius 2 is 1.85 bits per heavy atom. The molecular weight excluding hydrogens is 332 g/mol. The minimum Gasteiger partial charge on any atom is -0.351 e. The summed E-state index contributed by atoms with van der Waals surface area (Å²) in [7, 11) is 0. The fourth-order valence-corrected chi connectivity index (χ4v) is 3.30. The lowest BCUT2D eigenvalue weighted by Gasteiger charge is -2.27. The highest BCUT2D eigenvalue weighted by molar-refractivity contribution is 5.92. The van der Waals surface area contributed by atoms with Crippen LogP contribution in [0.15, 0.2) is 42.9 Å². The molecule has 1 saturated heterocycles. The van der Waals surface area contributed by atoms with Crippen molar-refractivity contribution in [2.45, 2.75) is 19.3 Å². The van der Waals surface area contributed by atoms with Crippen LogP contribution >= 0.6 is 0 Å². The van der Waals surface area contributed by atoms with Crippen LogP contribution in [0.2, 0.25) is 0 Å². The van der Waals surface area contributed by atoms with E-state index in [0.717, 1.165) is 43.3 Å². The molecule has 0 unspecified atom stereocenters. The van der Waals surface area contributed by atoms with Crippen molar-refractivity contribution >= 4 is 33.9 Å². The van der Waals surface area contributed by atoms with Gasteiger partial charge in [-0.2, -0.15) is 0 Å². The van der Waals surface area contributed by atoms with E-state index in [0.29, 0.717) is 11.5 Å². The van der Waals surface area contributed by atoms with E-state index in [1.807, 2.05) is 35.2 Å². The van der Waals surface area contributed by atoms with Gasteiger partial charge in [-0.15, -0.1) is 0 Å². The molecule has 0 atom stereocenters. The number of pyridine rings is 1. The molecule has 0 radical (unpaired) electrons. The molecule has 8 nitrogen and oxygen atoms in total. The standard InChI is InChI=1S/C18H18N6O2/c25-24(26)16-17(20-12-21-18(16)23-10-2-1-3-11-23)22-14-8-4-6-13-7-5-9-19-15(13)14/h4-9,12H,1-3,10-11H2,(H,20,21,22). The summed E-state index contributed by atoms with van der Waals surface area (Å²) in [6.07, 6.45) is 6.23. The zero-order valence-corrected chi connectivity index (χ0v) is 14.1. The monoisotopic (exact) mass is 350 g/mol. The average molecular weight is 350 g/mol. The lowest BCUT2D eigenvalue weighted by atomic mass is 10.1. The maximum absolute atomic E-state index is 11.8. The SMILES string of the molecule is O=[N+]([O-])c1c(Nc2cccc3cccnc23)ncnc1N1CCCCC1. The first-order chi connectivity index (χ1) is 12.7. The molecule has 0 bridgehead atoms. The molecule has 1 aromatic carbocycles. The molecule has 2 aromatic heterocycles. The summed E-state index contributed by atoms with van der Waals surface area (Å²) in [4.78, 5) is 26.1. The van der Waals surface area contributed by atoms with Crippen LogP contribution in [0.25, 0.3) is 10.9 Å². The maximum atomic E-state index is 11.8. The van der Waals surface area contributed by atoms with Gasteiger partial charge in [0, 0.05) is 24.7 Å². The Kier molecular flexibility index (Phi) is 4.30. The van der Waals surface area contributed by atoms with Gasteiger partial charge in [-0.3, -0.25) is 15.1 Å². The number of para-hydroxylation sites is 1. The molecule has 26 heavy (non-hydrogen) atoms. The topological polar surface area (TPSA) is 97.1 Å². The summed E-state index contributed by atoms with van der Waals surface area (Å²) < 4.78 is 0. The molecule has 1 fully saturated rings.